The maximum atomic E-state index is 2.42. The quantitative estimate of drug-likeness (QED) is 0.150. The molecule has 0 bridgehead atoms. The fourth-order valence-electron chi connectivity index (χ4n) is 9.01. The van der Waals surface area contributed by atoms with Gasteiger partial charge in [0, 0.05) is 33.4 Å². The van der Waals surface area contributed by atoms with E-state index in [1.165, 1.54) is 71.5 Å². The third kappa shape index (κ3) is 6.23. The lowest BCUT2D eigenvalue weighted by molar-refractivity contribution is 1.18. The first-order valence-electron chi connectivity index (χ1n) is 20.6. The minimum Gasteiger partial charge on any atom is -0.310 e. The van der Waals surface area contributed by atoms with Crippen molar-refractivity contribution >= 4 is 49.6 Å². The highest BCUT2D eigenvalue weighted by atomic mass is 15.1. The first-order valence-corrected chi connectivity index (χ1v) is 20.6. The zero-order chi connectivity index (χ0) is 39.8. The van der Waals surface area contributed by atoms with Crippen LogP contribution in [0.15, 0.2) is 243 Å². The fourth-order valence-corrected chi connectivity index (χ4v) is 9.01. The molecule has 11 rings (SSSR count). The number of benzene rings is 10. The van der Waals surface area contributed by atoms with Gasteiger partial charge < -0.3 is 9.47 Å². The van der Waals surface area contributed by atoms with E-state index in [-0.39, 0.29) is 0 Å². The van der Waals surface area contributed by atoms with Crippen molar-refractivity contribution in [3.05, 3.63) is 243 Å². The molecule has 0 N–H and O–H groups in total. The predicted octanol–water partition coefficient (Wildman–Crippen LogP) is 16.1. The van der Waals surface area contributed by atoms with Crippen LogP contribution in [-0.4, -0.2) is 4.57 Å². The maximum absolute atomic E-state index is 2.42. The molecule has 0 aliphatic heterocycles. The Bertz CT molecular complexity index is 3290. The highest BCUT2D eigenvalue weighted by molar-refractivity contribution is 6.25. The topological polar surface area (TPSA) is 8.17 Å². The van der Waals surface area contributed by atoms with Crippen LogP contribution in [0.2, 0.25) is 0 Å². The van der Waals surface area contributed by atoms with Gasteiger partial charge in [0.15, 0.2) is 0 Å². The minimum absolute atomic E-state index is 1.09. The van der Waals surface area contributed by atoms with Crippen LogP contribution in [0, 0.1) is 0 Å². The lowest BCUT2D eigenvalue weighted by Crippen LogP contribution is -2.11. The normalized spacial score (nSPS) is 11.3. The van der Waals surface area contributed by atoms with Gasteiger partial charge in [-0.3, -0.25) is 0 Å². The molecule has 0 fully saturated rings. The second-order valence-corrected chi connectivity index (χ2v) is 15.3. The summed E-state index contributed by atoms with van der Waals surface area (Å²) in [6, 6.07) is 87.8. The molecule has 0 saturated carbocycles. The molecule has 10 aromatic carbocycles. The second kappa shape index (κ2) is 15.1. The Balaban J connectivity index is 1.10. The van der Waals surface area contributed by atoms with Gasteiger partial charge in [0.05, 0.1) is 16.7 Å². The Labute approximate surface area is 350 Å². The van der Waals surface area contributed by atoms with E-state index in [1.807, 2.05) is 0 Å². The molecule has 1 heterocycles. The van der Waals surface area contributed by atoms with Gasteiger partial charge in [-0.1, -0.05) is 182 Å². The number of hydrogen-bond acceptors (Lipinski definition) is 1. The molecular weight excluding hydrogens is 725 g/mol. The fraction of sp³-hybridized carbons (Fsp3) is 0. The number of hydrogen-bond donors (Lipinski definition) is 0. The van der Waals surface area contributed by atoms with Gasteiger partial charge in [0.25, 0.3) is 0 Å². The van der Waals surface area contributed by atoms with Gasteiger partial charge in [0.2, 0.25) is 0 Å². The van der Waals surface area contributed by atoms with Gasteiger partial charge in [-0.2, -0.15) is 0 Å². The van der Waals surface area contributed by atoms with Crippen molar-refractivity contribution in [3.63, 3.8) is 0 Å². The van der Waals surface area contributed by atoms with E-state index in [4.69, 9.17) is 0 Å². The van der Waals surface area contributed by atoms with E-state index >= 15 is 0 Å². The van der Waals surface area contributed by atoms with Crippen LogP contribution in [0.3, 0.4) is 0 Å². The predicted molar refractivity (Wildman–Crippen MR) is 255 cm³/mol. The van der Waals surface area contributed by atoms with Crippen LogP contribution in [-0.2, 0) is 0 Å². The van der Waals surface area contributed by atoms with Gasteiger partial charge in [-0.25, -0.2) is 0 Å². The van der Waals surface area contributed by atoms with Crippen LogP contribution >= 0.6 is 0 Å². The Kier molecular flexibility index (Phi) is 8.87. The molecule has 11 aromatic rings. The summed E-state index contributed by atoms with van der Waals surface area (Å²) in [6.45, 7) is 0. The Hall–Kier alpha value is -7.94. The number of anilines is 3. The standard InChI is InChI=1S/C58H40N2/c1-4-17-41(18-5-1)45-22-14-23-46(39-45)42-33-36-49(37-34-42)59(54-31-13-12-28-51(54)43-19-6-2-7-20-43)50-27-15-24-47(40-50)53-30-16-32-55-58(53)57-52-29-11-10-21-44(52)35-38-56(57)60(55)48-25-8-3-9-26-48/h1-40H. The number of fused-ring (bicyclic) bond motifs is 5. The number of aromatic nitrogens is 1. The Morgan fingerprint density at radius 3 is 1.65 bits per heavy atom. The molecule has 2 heteroatoms. The van der Waals surface area contributed by atoms with E-state index in [1.54, 1.807) is 0 Å². The number of para-hydroxylation sites is 2. The summed E-state index contributed by atoms with van der Waals surface area (Å²) in [4.78, 5) is 2.42. The van der Waals surface area contributed by atoms with Gasteiger partial charge in [-0.15, -0.1) is 0 Å². The minimum atomic E-state index is 1.09. The molecule has 0 radical (unpaired) electrons. The first kappa shape index (κ1) is 35.2. The lowest BCUT2D eigenvalue weighted by Gasteiger charge is -2.28. The lowest BCUT2D eigenvalue weighted by atomic mass is 9.96. The number of nitrogens with zero attached hydrogens (tertiary/aromatic N) is 2. The first-order chi connectivity index (χ1) is 29.8. The highest BCUT2D eigenvalue weighted by Crippen LogP contribution is 2.45. The van der Waals surface area contributed by atoms with Crippen LogP contribution < -0.4 is 4.90 Å². The third-order valence-corrected chi connectivity index (χ3v) is 11.8. The monoisotopic (exact) mass is 764 g/mol. The summed E-state index contributed by atoms with van der Waals surface area (Å²) in [5, 5.41) is 5.01. The van der Waals surface area contributed by atoms with Crippen molar-refractivity contribution in [3.8, 4) is 50.2 Å². The zero-order valence-electron chi connectivity index (χ0n) is 33.0. The van der Waals surface area contributed by atoms with E-state index in [0.29, 0.717) is 0 Å². The Morgan fingerprint density at radius 2 is 0.867 bits per heavy atom. The van der Waals surface area contributed by atoms with E-state index in [0.717, 1.165) is 28.3 Å². The van der Waals surface area contributed by atoms with Crippen molar-refractivity contribution in [2.45, 2.75) is 0 Å². The molecule has 0 saturated heterocycles. The summed E-state index contributed by atoms with van der Waals surface area (Å²) in [5.41, 5.74) is 16.3. The van der Waals surface area contributed by atoms with E-state index in [2.05, 4.69) is 252 Å². The number of rotatable bonds is 8. The maximum Gasteiger partial charge on any atom is 0.0547 e. The van der Waals surface area contributed by atoms with Crippen molar-refractivity contribution in [1.29, 1.82) is 0 Å². The summed E-state index contributed by atoms with van der Waals surface area (Å²) in [5.74, 6) is 0. The SMILES string of the molecule is c1ccc(-c2cccc(-c3ccc(N(c4cccc(-c5cccc6c5c5c7ccccc7ccc5n6-c5ccccc5)c4)c4ccccc4-c4ccccc4)cc3)c2)cc1. The molecular formula is C58H40N2. The molecule has 0 aliphatic rings. The van der Waals surface area contributed by atoms with Gasteiger partial charge in [0.1, 0.15) is 0 Å². The summed E-state index contributed by atoms with van der Waals surface area (Å²) >= 11 is 0. The summed E-state index contributed by atoms with van der Waals surface area (Å²) in [6.07, 6.45) is 0. The highest BCUT2D eigenvalue weighted by Gasteiger charge is 2.21. The molecule has 0 unspecified atom stereocenters. The van der Waals surface area contributed by atoms with Gasteiger partial charge >= 0.3 is 0 Å². The molecule has 0 spiro atoms. The van der Waals surface area contributed by atoms with E-state index in [9.17, 15) is 0 Å². The summed E-state index contributed by atoms with van der Waals surface area (Å²) in [7, 11) is 0. The third-order valence-electron chi connectivity index (χ3n) is 11.8. The molecule has 0 amide bonds. The molecule has 2 nitrogen and oxygen atoms in total. The zero-order valence-corrected chi connectivity index (χ0v) is 33.0. The van der Waals surface area contributed by atoms with Crippen molar-refractivity contribution in [2.24, 2.45) is 0 Å². The van der Waals surface area contributed by atoms with Crippen LogP contribution in [0.25, 0.3) is 82.8 Å². The molecule has 0 atom stereocenters. The van der Waals surface area contributed by atoms with Crippen molar-refractivity contribution < 1.29 is 0 Å². The smallest absolute Gasteiger partial charge is 0.0547 e. The molecule has 1 aromatic heterocycles. The van der Waals surface area contributed by atoms with Gasteiger partial charge in [-0.05, 0) is 110 Å². The molecule has 60 heavy (non-hydrogen) atoms. The van der Waals surface area contributed by atoms with Crippen molar-refractivity contribution in [1.82, 2.24) is 4.57 Å². The van der Waals surface area contributed by atoms with E-state index < -0.39 is 0 Å². The van der Waals surface area contributed by atoms with Crippen LogP contribution in [0.5, 0.6) is 0 Å². The van der Waals surface area contributed by atoms with Crippen LogP contribution in [0.4, 0.5) is 17.1 Å². The Morgan fingerprint density at radius 1 is 0.300 bits per heavy atom. The van der Waals surface area contributed by atoms with Crippen LogP contribution in [0.1, 0.15) is 0 Å². The average Bonchev–Trinajstić information content (AvgIpc) is 3.68. The van der Waals surface area contributed by atoms with Crippen molar-refractivity contribution in [2.75, 3.05) is 4.90 Å². The summed E-state index contributed by atoms with van der Waals surface area (Å²) < 4.78 is 2.42. The largest absolute Gasteiger partial charge is 0.310 e. The molecule has 0 aliphatic carbocycles. The average molecular weight is 765 g/mol. The second-order valence-electron chi connectivity index (χ2n) is 15.3. The molecule has 282 valence electrons.